The molecule has 2 heterocycles. The maximum absolute atomic E-state index is 12.6. The summed E-state index contributed by atoms with van der Waals surface area (Å²) in [4.78, 5) is 13.7. The lowest BCUT2D eigenvalue weighted by Gasteiger charge is -2.33. The average Bonchev–Trinajstić information content (AvgIpc) is 3.08. The molecule has 0 amide bonds. The van der Waals surface area contributed by atoms with Gasteiger partial charge in [-0.05, 0) is 17.0 Å². The zero-order valence-electron chi connectivity index (χ0n) is 13.6. The summed E-state index contributed by atoms with van der Waals surface area (Å²) in [5.74, 6) is -0.129. The number of nitro benzene ring substituents is 1. The second-order valence-corrected chi connectivity index (χ2v) is 8.94. The number of hydrogen-bond donors (Lipinski definition) is 0. The third kappa shape index (κ3) is 4.63. The lowest BCUT2D eigenvalue weighted by molar-refractivity contribution is -0.384. The van der Waals surface area contributed by atoms with Gasteiger partial charge in [-0.1, -0.05) is 18.2 Å². The fraction of sp³-hybridized carbons (Fsp3) is 0.375. The fourth-order valence-corrected chi connectivity index (χ4v) is 5.07. The Morgan fingerprint density at radius 2 is 1.76 bits per heavy atom. The summed E-state index contributed by atoms with van der Waals surface area (Å²) in [6, 6.07) is 9.78. The van der Waals surface area contributed by atoms with Crippen LogP contribution in [0.5, 0.6) is 0 Å². The van der Waals surface area contributed by atoms with Crippen molar-refractivity contribution >= 4 is 27.0 Å². The van der Waals surface area contributed by atoms with E-state index in [-0.39, 0.29) is 11.4 Å². The Labute approximate surface area is 150 Å². The number of rotatable bonds is 6. The number of thiophene rings is 1. The van der Waals surface area contributed by atoms with E-state index >= 15 is 0 Å². The first kappa shape index (κ1) is 18.0. The molecule has 1 aromatic heterocycles. The van der Waals surface area contributed by atoms with Crippen molar-refractivity contribution < 1.29 is 13.3 Å². The SMILES string of the molecule is O=[N+]([O-])c1ccc(CS(=O)(=O)N2CCN(Cc3cccs3)CC2)cc1. The topological polar surface area (TPSA) is 83.8 Å². The molecular formula is C16H19N3O4S2. The second kappa shape index (κ2) is 7.61. The number of piperazine rings is 1. The molecule has 0 spiro atoms. The highest BCUT2D eigenvalue weighted by Gasteiger charge is 2.27. The molecule has 1 aliphatic rings. The molecular weight excluding hydrogens is 362 g/mol. The third-order valence-corrected chi connectivity index (χ3v) is 6.89. The van der Waals surface area contributed by atoms with Gasteiger partial charge in [0.15, 0.2) is 0 Å². The van der Waals surface area contributed by atoms with Crippen LogP contribution in [0, 0.1) is 10.1 Å². The molecule has 0 unspecified atom stereocenters. The van der Waals surface area contributed by atoms with Gasteiger partial charge in [0.25, 0.3) is 5.69 Å². The van der Waals surface area contributed by atoms with Crippen LogP contribution in [0.3, 0.4) is 0 Å². The van der Waals surface area contributed by atoms with Crippen molar-refractivity contribution in [1.29, 1.82) is 0 Å². The maximum atomic E-state index is 12.6. The Hall–Kier alpha value is -1.81. The quantitative estimate of drug-likeness (QED) is 0.566. The zero-order chi connectivity index (χ0) is 17.9. The van der Waals surface area contributed by atoms with Crippen LogP contribution in [0.2, 0.25) is 0 Å². The van der Waals surface area contributed by atoms with Gasteiger partial charge >= 0.3 is 0 Å². The molecule has 2 aromatic rings. The minimum Gasteiger partial charge on any atom is -0.296 e. The number of hydrogen-bond acceptors (Lipinski definition) is 6. The molecule has 0 N–H and O–H groups in total. The highest BCUT2D eigenvalue weighted by Crippen LogP contribution is 2.18. The van der Waals surface area contributed by atoms with E-state index in [0.29, 0.717) is 31.7 Å². The summed E-state index contributed by atoms with van der Waals surface area (Å²) in [5, 5.41) is 12.7. The van der Waals surface area contributed by atoms with Crippen molar-refractivity contribution in [3.63, 3.8) is 0 Å². The van der Waals surface area contributed by atoms with Crippen LogP contribution in [0.1, 0.15) is 10.4 Å². The molecule has 25 heavy (non-hydrogen) atoms. The molecule has 0 radical (unpaired) electrons. The lowest BCUT2D eigenvalue weighted by Crippen LogP contribution is -2.48. The van der Waals surface area contributed by atoms with Crippen LogP contribution in [0.15, 0.2) is 41.8 Å². The molecule has 1 fully saturated rings. The monoisotopic (exact) mass is 381 g/mol. The van der Waals surface area contributed by atoms with Gasteiger partial charge in [0.05, 0.1) is 10.7 Å². The number of sulfonamides is 1. The van der Waals surface area contributed by atoms with Gasteiger partial charge < -0.3 is 0 Å². The van der Waals surface area contributed by atoms with Crippen LogP contribution >= 0.6 is 11.3 Å². The summed E-state index contributed by atoms with van der Waals surface area (Å²) >= 11 is 1.71. The fourth-order valence-electron chi connectivity index (χ4n) is 2.80. The highest BCUT2D eigenvalue weighted by molar-refractivity contribution is 7.88. The molecule has 0 aliphatic carbocycles. The van der Waals surface area contributed by atoms with Gasteiger partial charge in [-0.25, -0.2) is 8.42 Å². The Kier molecular flexibility index (Phi) is 5.48. The molecule has 0 saturated carbocycles. The largest absolute Gasteiger partial charge is 0.296 e. The molecule has 1 saturated heterocycles. The number of nitro groups is 1. The predicted octanol–water partition coefficient (Wildman–Crippen LogP) is 2.30. The number of non-ortho nitro benzene ring substituents is 1. The van der Waals surface area contributed by atoms with Crippen molar-refractivity contribution in [3.8, 4) is 0 Å². The van der Waals surface area contributed by atoms with E-state index in [0.717, 1.165) is 6.54 Å². The molecule has 9 heteroatoms. The normalized spacial score (nSPS) is 16.8. The van der Waals surface area contributed by atoms with Crippen LogP contribution < -0.4 is 0 Å². The molecule has 7 nitrogen and oxygen atoms in total. The van der Waals surface area contributed by atoms with Crippen LogP contribution in [0.25, 0.3) is 0 Å². The summed E-state index contributed by atoms with van der Waals surface area (Å²) < 4.78 is 26.7. The van der Waals surface area contributed by atoms with E-state index in [2.05, 4.69) is 11.0 Å². The van der Waals surface area contributed by atoms with E-state index in [4.69, 9.17) is 0 Å². The van der Waals surface area contributed by atoms with Crippen molar-refractivity contribution in [3.05, 3.63) is 62.3 Å². The van der Waals surface area contributed by atoms with Crippen molar-refractivity contribution in [2.24, 2.45) is 0 Å². The van der Waals surface area contributed by atoms with E-state index in [9.17, 15) is 18.5 Å². The first-order valence-corrected chi connectivity index (χ1v) is 10.4. The molecule has 1 aliphatic heterocycles. The molecule has 0 atom stereocenters. The van der Waals surface area contributed by atoms with Gasteiger partial charge in [-0.3, -0.25) is 15.0 Å². The number of benzene rings is 1. The van der Waals surface area contributed by atoms with Gasteiger partial charge in [0.2, 0.25) is 10.0 Å². The molecule has 134 valence electrons. The smallest absolute Gasteiger partial charge is 0.269 e. The van der Waals surface area contributed by atoms with Gasteiger partial charge in [0.1, 0.15) is 0 Å². The number of nitrogens with zero attached hydrogens (tertiary/aromatic N) is 3. The minimum absolute atomic E-state index is 0.0386. The summed E-state index contributed by atoms with van der Waals surface area (Å²) in [7, 11) is -3.42. The average molecular weight is 381 g/mol. The summed E-state index contributed by atoms with van der Waals surface area (Å²) in [6.45, 7) is 3.21. The first-order valence-electron chi connectivity index (χ1n) is 7.90. The van der Waals surface area contributed by atoms with Crippen molar-refractivity contribution in [1.82, 2.24) is 9.21 Å². The van der Waals surface area contributed by atoms with Gasteiger partial charge in [-0.15, -0.1) is 11.3 Å². The van der Waals surface area contributed by atoms with Gasteiger partial charge in [0, 0.05) is 49.7 Å². The first-order chi connectivity index (χ1) is 11.9. The highest BCUT2D eigenvalue weighted by atomic mass is 32.2. The standard InChI is InChI=1S/C16H19N3O4S2/c20-19(21)15-5-3-14(4-6-15)13-25(22,23)18-9-7-17(8-10-18)12-16-2-1-11-24-16/h1-6,11H,7-10,12-13H2. The molecule has 1 aromatic carbocycles. The van der Waals surface area contributed by atoms with E-state index in [1.54, 1.807) is 11.3 Å². The van der Waals surface area contributed by atoms with Crippen molar-refractivity contribution in [2.75, 3.05) is 26.2 Å². The lowest BCUT2D eigenvalue weighted by atomic mass is 10.2. The Morgan fingerprint density at radius 3 is 2.32 bits per heavy atom. The molecule has 0 bridgehead atoms. The van der Waals surface area contributed by atoms with Gasteiger partial charge in [-0.2, -0.15) is 4.31 Å². The molecule has 3 rings (SSSR count). The van der Waals surface area contributed by atoms with E-state index < -0.39 is 14.9 Å². The van der Waals surface area contributed by atoms with E-state index in [1.807, 2.05) is 11.4 Å². The summed E-state index contributed by atoms with van der Waals surface area (Å²) in [5.41, 5.74) is 0.523. The third-order valence-electron chi connectivity index (χ3n) is 4.18. The Bertz CT molecular complexity index is 812. The zero-order valence-corrected chi connectivity index (χ0v) is 15.2. The Balaban J connectivity index is 1.57. The predicted molar refractivity (Wildman–Crippen MR) is 96.9 cm³/mol. The van der Waals surface area contributed by atoms with E-state index in [1.165, 1.54) is 33.4 Å². The summed E-state index contributed by atoms with van der Waals surface area (Å²) in [6.07, 6.45) is 0. The minimum atomic E-state index is -3.42. The Morgan fingerprint density at radius 1 is 1.08 bits per heavy atom. The van der Waals surface area contributed by atoms with Crippen molar-refractivity contribution in [2.45, 2.75) is 12.3 Å². The van der Waals surface area contributed by atoms with Crippen LogP contribution in [-0.4, -0.2) is 48.7 Å². The second-order valence-electron chi connectivity index (χ2n) is 5.93. The van der Waals surface area contributed by atoms with Crippen LogP contribution in [-0.2, 0) is 22.3 Å². The maximum Gasteiger partial charge on any atom is 0.269 e. The van der Waals surface area contributed by atoms with Crippen LogP contribution in [0.4, 0.5) is 5.69 Å².